The number of esters is 1. The topological polar surface area (TPSA) is 108 Å². The van der Waals surface area contributed by atoms with Gasteiger partial charge in [0.2, 0.25) is 0 Å². The molecule has 0 aromatic heterocycles. The smallest absolute Gasteiger partial charge is 0.340 e. The van der Waals surface area contributed by atoms with E-state index in [0.717, 1.165) is 19.2 Å². The molecule has 0 bridgehead atoms. The van der Waals surface area contributed by atoms with Crippen LogP contribution in [-0.2, 0) is 4.74 Å². The van der Waals surface area contributed by atoms with Gasteiger partial charge in [-0.1, -0.05) is 0 Å². The Morgan fingerprint density at radius 1 is 1.19 bits per heavy atom. The minimum atomic E-state index is -1.16. The Balaban J connectivity index is 2.36. The quantitative estimate of drug-likeness (QED) is 0.468. The molecule has 0 aliphatic carbocycles. The van der Waals surface area contributed by atoms with Gasteiger partial charge in [-0.2, -0.15) is 0 Å². The number of nitro groups is 1. The number of anilines is 1. The normalized spacial score (nSPS) is 10.2. The molecule has 0 saturated heterocycles. The predicted molar refractivity (Wildman–Crippen MR) is 89.9 cm³/mol. The van der Waals surface area contributed by atoms with Gasteiger partial charge in [0.05, 0.1) is 29.9 Å². The van der Waals surface area contributed by atoms with Crippen molar-refractivity contribution in [3.63, 3.8) is 0 Å². The summed E-state index contributed by atoms with van der Waals surface area (Å²) < 4.78 is 37.0. The second kappa shape index (κ2) is 8.21. The monoisotopic (exact) mass is 380 g/mol. The van der Waals surface area contributed by atoms with E-state index >= 15 is 0 Å². The first kappa shape index (κ1) is 19.8. The van der Waals surface area contributed by atoms with Gasteiger partial charge < -0.3 is 14.8 Å². The fraction of sp³-hybridized carbons (Fsp3) is 0.176. The number of carbonyl (C=O) groups is 2. The van der Waals surface area contributed by atoms with Gasteiger partial charge in [0.15, 0.2) is 5.75 Å². The van der Waals surface area contributed by atoms with Gasteiger partial charge in [0.1, 0.15) is 11.6 Å². The zero-order chi connectivity index (χ0) is 20.1. The maximum Gasteiger partial charge on any atom is 0.340 e. The highest BCUT2D eigenvalue weighted by Gasteiger charge is 2.21. The summed E-state index contributed by atoms with van der Waals surface area (Å²) in [5.74, 6) is -4.27. The van der Waals surface area contributed by atoms with Crippen LogP contribution in [-0.4, -0.2) is 30.5 Å². The highest BCUT2D eigenvalue weighted by molar-refractivity contribution is 6.05. The maximum absolute atomic E-state index is 13.9. The number of ether oxygens (including phenoxy) is 2. The van der Waals surface area contributed by atoms with Gasteiger partial charge in [-0.15, -0.1) is 0 Å². The number of rotatable bonds is 6. The van der Waals surface area contributed by atoms with Crippen molar-refractivity contribution in [1.82, 2.24) is 0 Å². The lowest BCUT2D eigenvalue weighted by Gasteiger charge is -2.10. The van der Waals surface area contributed by atoms with Crippen LogP contribution in [0.15, 0.2) is 30.3 Å². The molecular weight excluding hydrogens is 366 g/mol. The average molecular weight is 380 g/mol. The second-order valence-electron chi connectivity index (χ2n) is 5.13. The van der Waals surface area contributed by atoms with Crippen molar-refractivity contribution in [1.29, 1.82) is 0 Å². The third-order valence-corrected chi connectivity index (χ3v) is 3.43. The minimum absolute atomic E-state index is 0.0278. The first-order valence-electron chi connectivity index (χ1n) is 7.58. The number of halogens is 2. The molecule has 0 aliphatic heterocycles. The highest BCUT2D eigenvalue weighted by atomic mass is 19.1. The van der Waals surface area contributed by atoms with E-state index in [9.17, 15) is 28.5 Å². The van der Waals surface area contributed by atoms with Crippen LogP contribution in [0, 0.1) is 21.7 Å². The summed E-state index contributed by atoms with van der Waals surface area (Å²) in [6.07, 6.45) is 0. The number of nitrogens with one attached hydrogen (secondary N) is 1. The van der Waals surface area contributed by atoms with Gasteiger partial charge in [-0.25, -0.2) is 13.6 Å². The van der Waals surface area contributed by atoms with Crippen LogP contribution in [0.25, 0.3) is 0 Å². The molecule has 0 unspecified atom stereocenters. The van der Waals surface area contributed by atoms with Crippen molar-refractivity contribution in [3.05, 3.63) is 63.2 Å². The number of nitrogens with zero attached hydrogens (tertiary/aromatic N) is 1. The third kappa shape index (κ3) is 4.35. The van der Waals surface area contributed by atoms with Crippen LogP contribution in [0.3, 0.4) is 0 Å². The molecule has 1 amide bonds. The summed E-state index contributed by atoms with van der Waals surface area (Å²) in [6, 6.07) is 4.64. The minimum Gasteiger partial charge on any atom is -0.487 e. The summed E-state index contributed by atoms with van der Waals surface area (Å²) in [5.41, 5.74) is -1.67. The van der Waals surface area contributed by atoms with Gasteiger partial charge in [-0.05, 0) is 25.1 Å². The Morgan fingerprint density at radius 2 is 1.89 bits per heavy atom. The molecule has 142 valence electrons. The van der Waals surface area contributed by atoms with E-state index in [0.29, 0.717) is 6.07 Å². The zero-order valence-electron chi connectivity index (χ0n) is 14.2. The van der Waals surface area contributed by atoms with Crippen LogP contribution in [0.1, 0.15) is 27.6 Å². The Morgan fingerprint density at radius 3 is 2.48 bits per heavy atom. The van der Waals surface area contributed by atoms with Crippen LogP contribution in [0.4, 0.5) is 20.2 Å². The largest absolute Gasteiger partial charge is 0.487 e. The second-order valence-corrected chi connectivity index (χ2v) is 5.13. The van der Waals surface area contributed by atoms with E-state index in [2.05, 4.69) is 10.1 Å². The van der Waals surface area contributed by atoms with Gasteiger partial charge >= 0.3 is 11.7 Å². The predicted octanol–water partition coefficient (Wildman–Crippen LogP) is 3.31. The van der Waals surface area contributed by atoms with Gasteiger partial charge in [-0.3, -0.25) is 14.9 Å². The molecule has 2 aromatic carbocycles. The Bertz CT molecular complexity index is 917. The summed E-state index contributed by atoms with van der Waals surface area (Å²) in [4.78, 5) is 34.2. The van der Waals surface area contributed by atoms with E-state index in [-0.39, 0.29) is 17.9 Å². The van der Waals surface area contributed by atoms with Gasteiger partial charge in [0, 0.05) is 17.7 Å². The number of amides is 1. The molecule has 0 aliphatic rings. The first-order chi connectivity index (χ1) is 12.8. The number of hydrogen-bond acceptors (Lipinski definition) is 6. The van der Waals surface area contributed by atoms with Crippen LogP contribution < -0.4 is 10.1 Å². The molecule has 0 radical (unpaired) electrons. The molecule has 2 aromatic rings. The number of methoxy groups -OCH3 is 1. The average Bonchev–Trinajstić information content (AvgIpc) is 2.63. The molecule has 8 nitrogen and oxygen atoms in total. The Kier molecular flexibility index (Phi) is 6.01. The summed E-state index contributed by atoms with van der Waals surface area (Å²) >= 11 is 0. The number of nitro benzene ring substituents is 1. The summed E-state index contributed by atoms with van der Waals surface area (Å²) in [6.45, 7) is 1.82. The van der Waals surface area contributed by atoms with Crippen molar-refractivity contribution >= 4 is 23.3 Å². The lowest BCUT2D eigenvalue weighted by atomic mass is 10.1. The van der Waals surface area contributed by atoms with Crippen molar-refractivity contribution in [2.75, 3.05) is 19.0 Å². The SMILES string of the molecule is CCOc1ccc(C(=O)Nc2cc(C(=O)OC)c(F)cc2F)cc1[N+](=O)[O-]. The van der Waals surface area contributed by atoms with Gasteiger partial charge in [0.25, 0.3) is 5.91 Å². The lowest BCUT2D eigenvalue weighted by Crippen LogP contribution is -2.15. The van der Waals surface area contributed by atoms with Crippen molar-refractivity contribution in [2.24, 2.45) is 0 Å². The Labute approximate surface area is 151 Å². The van der Waals surface area contributed by atoms with Crippen LogP contribution >= 0.6 is 0 Å². The molecule has 2 rings (SSSR count). The highest BCUT2D eigenvalue weighted by Crippen LogP contribution is 2.29. The van der Waals surface area contributed by atoms with E-state index in [1.807, 2.05) is 0 Å². The lowest BCUT2D eigenvalue weighted by molar-refractivity contribution is -0.385. The molecular formula is C17H14F2N2O6. The fourth-order valence-corrected chi connectivity index (χ4v) is 2.18. The van der Waals surface area contributed by atoms with Crippen LogP contribution in [0.5, 0.6) is 5.75 Å². The maximum atomic E-state index is 13.9. The summed E-state index contributed by atoms with van der Waals surface area (Å²) in [7, 11) is 1.02. The fourth-order valence-electron chi connectivity index (χ4n) is 2.18. The van der Waals surface area contributed by atoms with Crippen LogP contribution in [0.2, 0.25) is 0 Å². The van der Waals surface area contributed by atoms with E-state index < -0.39 is 45.4 Å². The van der Waals surface area contributed by atoms with Crippen molar-refractivity contribution in [2.45, 2.75) is 6.92 Å². The van der Waals surface area contributed by atoms with E-state index in [1.165, 1.54) is 12.1 Å². The molecule has 0 spiro atoms. The van der Waals surface area contributed by atoms with E-state index in [1.54, 1.807) is 6.92 Å². The van der Waals surface area contributed by atoms with Crippen molar-refractivity contribution < 1.29 is 32.8 Å². The van der Waals surface area contributed by atoms with E-state index in [4.69, 9.17) is 4.74 Å². The molecule has 0 fully saturated rings. The Hall–Kier alpha value is -3.56. The van der Waals surface area contributed by atoms with Crippen molar-refractivity contribution in [3.8, 4) is 5.75 Å². The zero-order valence-corrected chi connectivity index (χ0v) is 14.2. The number of carbonyl (C=O) groups excluding carboxylic acids is 2. The first-order valence-corrected chi connectivity index (χ1v) is 7.58. The molecule has 0 heterocycles. The molecule has 10 heteroatoms. The number of benzene rings is 2. The summed E-state index contributed by atoms with van der Waals surface area (Å²) in [5, 5.41) is 13.3. The molecule has 27 heavy (non-hydrogen) atoms. The molecule has 0 saturated carbocycles. The molecule has 0 atom stereocenters. The standard InChI is InChI=1S/C17H14F2N2O6/c1-3-27-15-5-4-9(6-14(15)21(24)25)16(22)20-13-7-10(17(23)26-2)11(18)8-12(13)19/h4-8H,3H2,1-2H3,(H,20,22). The molecule has 1 N–H and O–H groups in total. The third-order valence-electron chi connectivity index (χ3n) is 3.43. The number of hydrogen-bond donors (Lipinski definition) is 1.